The van der Waals surface area contributed by atoms with Crippen LogP contribution in [-0.2, 0) is 4.79 Å². The second kappa shape index (κ2) is 3.68. The van der Waals surface area contributed by atoms with Crippen LogP contribution in [-0.4, -0.2) is 5.24 Å². The van der Waals surface area contributed by atoms with Crippen molar-refractivity contribution in [1.29, 1.82) is 0 Å². The summed E-state index contributed by atoms with van der Waals surface area (Å²) in [5.41, 5.74) is 0.345. The lowest BCUT2D eigenvalue weighted by Gasteiger charge is -2.06. The highest BCUT2D eigenvalue weighted by molar-refractivity contribution is 6.64. The van der Waals surface area contributed by atoms with Crippen LogP contribution in [0.15, 0.2) is 24.3 Å². The standard InChI is InChI=1S/C9H8ClFO/c1-6(9(10)12)7-4-2-3-5-8(7)11/h2-6H,1H3. The molecule has 0 aliphatic heterocycles. The summed E-state index contributed by atoms with van der Waals surface area (Å²) in [6.45, 7) is 1.58. The van der Waals surface area contributed by atoms with Gasteiger partial charge in [-0.3, -0.25) is 4.79 Å². The Labute approximate surface area is 75.2 Å². The summed E-state index contributed by atoms with van der Waals surface area (Å²) in [6.07, 6.45) is 0. The van der Waals surface area contributed by atoms with Crippen molar-refractivity contribution in [3.8, 4) is 0 Å². The van der Waals surface area contributed by atoms with Crippen LogP contribution in [0.3, 0.4) is 0 Å². The van der Waals surface area contributed by atoms with Crippen molar-refractivity contribution in [1.82, 2.24) is 0 Å². The Morgan fingerprint density at radius 2 is 2.08 bits per heavy atom. The van der Waals surface area contributed by atoms with Crippen LogP contribution in [0.1, 0.15) is 18.4 Å². The van der Waals surface area contributed by atoms with Crippen molar-refractivity contribution in [3.63, 3.8) is 0 Å². The summed E-state index contributed by atoms with van der Waals surface area (Å²) in [7, 11) is 0. The van der Waals surface area contributed by atoms with E-state index >= 15 is 0 Å². The van der Waals surface area contributed by atoms with E-state index in [9.17, 15) is 9.18 Å². The lowest BCUT2D eigenvalue weighted by Crippen LogP contribution is -2.03. The third-order valence-corrected chi connectivity index (χ3v) is 2.04. The quantitative estimate of drug-likeness (QED) is 0.649. The maximum atomic E-state index is 13.0. The summed E-state index contributed by atoms with van der Waals surface area (Å²) in [5, 5.41) is -0.542. The molecule has 0 bridgehead atoms. The average molecular weight is 187 g/mol. The number of rotatable bonds is 2. The van der Waals surface area contributed by atoms with Gasteiger partial charge in [0, 0.05) is 0 Å². The van der Waals surface area contributed by atoms with Gasteiger partial charge in [-0.05, 0) is 23.2 Å². The van der Waals surface area contributed by atoms with E-state index < -0.39 is 11.2 Å². The molecule has 0 aliphatic carbocycles. The Kier molecular flexibility index (Phi) is 2.82. The maximum Gasteiger partial charge on any atom is 0.228 e. The summed E-state index contributed by atoms with van der Waals surface area (Å²) in [6, 6.07) is 6.12. The molecular formula is C9H8ClFO. The van der Waals surface area contributed by atoms with Crippen LogP contribution < -0.4 is 0 Å². The summed E-state index contributed by atoms with van der Waals surface area (Å²) >= 11 is 5.23. The number of carbonyl (C=O) groups is 1. The van der Waals surface area contributed by atoms with Crippen molar-refractivity contribution in [3.05, 3.63) is 35.6 Å². The number of hydrogen-bond donors (Lipinski definition) is 0. The molecule has 1 unspecified atom stereocenters. The number of carbonyl (C=O) groups excluding carboxylic acids is 1. The van der Waals surface area contributed by atoms with E-state index in [-0.39, 0.29) is 5.82 Å². The largest absolute Gasteiger partial charge is 0.281 e. The van der Waals surface area contributed by atoms with E-state index in [1.165, 1.54) is 6.07 Å². The third-order valence-electron chi connectivity index (χ3n) is 1.71. The monoisotopic (exact) mass is 186 g/mol. The normalized spacial score (nSPS) is 12.6. The lowest BCUT2D eigenvalue weighted by molar-refractivity contribution is -0.112. The molecule has 0 amide bonds. The molecule has 0 fully saturated rings. The lowest BCUT2D eigenvalue weighted by atomic mass is 10.0. The van der Waals surface area contributed by atoms with Gasteiger partial charge in [-0.15, -0.1) is 0 Å². The molecule has 1 aromatic rings. The average Bonchev–Trinajstić information content (AvgIpc) is 2.04. The fourth-order valence-corrected chi connectivity index (χ4v) is 1.07. The second-order valence-corrected chi connectivity index (χ2v) is 2.92. The van der Waals surface area contributed by atoms with Gasteiger partial charge < -0.3 is 0 Å². The number of benzene rings is 1. The summed E-state index contributed by atoms with van der Waals surface area (Å²) in [5.74, 6) is -0.966. The third kappa shape index (κ3) is 1.83. The first-order valence-electron chi connectivity index (χ1n) is 3.56. The van der Waals surface area contributed by atoms with Crippen LogP contribution in [0.2, 0.25) is 0 Å². The number of halogens is 2. The van der Waals surface area contributed by atoms with Gasteiger partial charge in [0.15, 0.2) is 0 Å². The van der Waals surface area contributed by atoms with Gasteiger partial charge in [0.25, 0.3) is 0 Å². The second-order valence-electron chi connectivity index (χ2n) is 2.55. The van der Waals surface area contributed by atoms with Crippen molar-refractivity contribution in [2.75, 3.05) is 0 Å². The van der Waals surface area contributed by atoms with Crippen LogP contribution >= 0.6 is 11.6 Å². The van der Waals surface area contributed by atoms with Gasteiger partial charge in [0.1, 0.15) is 5.82 Å². The zero-order chi connectivity index (χ0) is 9.14. The van der Waals surface area contributed by atoms with Gasteiger partial charge in [-0.2, -0.15) is 0 Å². The molecule has 1 rings (SSSR count). The zero-order valence-corrected chi connectivity index (χ0v) is 7.31. The Balaban J connectivity index is 3.02. The van der Waals surface area contributed by atoms with Crippen molar-refractivity contribution in [2.45, 2.75) is 12.8 Å². The molecule has 1 nitrogen and oxygen atoms in total. The molecule has 3 heteroatoms. The zero-order valence-electron chi connectivity index (χ0n) is 6.55. The molecular weight excluding hydrogens is 179 g/mol. The van der Waals surface area contributed by atoms with E-state index in [2.05, 4.69) is 0 Å². The van der Waals surface area contributed by atoms with Crippen LogP contribution in [0.4, 0.5) is 4.39 Å². The molecule has 1 aromatic carbocycles. The van der Waals surface area contributed by atoms with Crippen LogP contribution in [0, 0.1) is 5.82 Å². The van der Waals surface area contributed by atoms with Crippen LogP contribution in [0.5, 0.6) is 0 Å². The minimum absolute atomic E-state index is 0.345. The fourth-order valence-electron chi connectivity index (χ4n) is 0.949. The first-order chi connectivity index (χ1) is 5.63. The first-order valence-corrected chi connectivity index (χ1v) is 3.94. The summed E-state index contributed by atoms with van der Waals surface area (Å²) < 4.78 is 13.0. The van der Waals surface area contributed by atoms with Gasteiger partial charge >= 0.3 is 0 Å². The van der Waals surface area contributed by atoms with Gasteiger partial charge in [-0.1, -0.05) is 25.1 Å². The van der Waals surface area contributed by atoms with Gasteiger partial charge in [0.2, 0.25) is 5.24 Å². The Bertz CT molecular complexity index is 298. The smallest absolute Gasteiger partial charge is 0.228 e. The van der Waals surface area contributed by atoms with Gasteiger partial charge in [-0.25, -0.2) is 4.39 Å². The van der Waals surface area contributed by atoms with E-state index in [0.29, 0.717) is 5.56 Å². The van der Waals surface area contributed by atoms with Crippen LogP contribution in [0.25, 0.3) is 0 Å². The predicted molar refractivity (Wildman–Crippen MR) is 45.7 cm³/mol. The molecule has 0 heterocycles. The molecule has 12 heavy (non-hydrogen) atoms. The highest BCUT2D eigenvalue weighted by atomic mass is 35.5. The van der Waals surface area contributed by atoms with E-state index in [1.54, 1.807) is 25.1 Å². The maximum absolute atomic E-state index is 13.0. The minimum Gasteiger partial charge on any atom is -0.281 e. The van der Waals surface area contributed by atoms with Crippen molar-refractivity contribution in [2.24, 2.45) is 0 Å². The molecule has 1 atom stereocenters. The molecule has 0 N–H and O–H groups in total. The van der Waals surface area contributed by atoms with Crippen molar-refractivity contribution >= 4 is 16.8 Å². The minimum atomic E-state index is -0.576. The Morgan fingerprint density at radius 3 is 2.58 bits per heavy atom. The molecule has 0 radical (unpaired) electrons. The van der Waals surface area contributed by atoms with E-state index in [0.717, 1.165) is 0 Å². The first kappa shape index (κ1) is 9.20. The number of hydrogen-bond acceptors (Lipinski definition) is 1. The predicted octanol–water partition coefficient (Wildman–Crippen LogP) is 2.69. The van der Waals surface area contributed by atoms with Gasteiger partial charge in [0.05, 0.1) is 5.92 Å². The highest BCUT2D eigenvalue weighted by Crippen LogP contribution is 2.20. The molecule has 0 saturated carbocycles. The molecule has 0 spiro atoms. The Morgan fingerprint density at radius 1 is 1.50 bits per heavy atom. The Hall–Kier alpha value is -0.890. The SMILES string of the molecule is CC(C(=O)Cl)c1ccccc1F. The van der Waals surface area contributed by atoms with E-state index in [1.807, 2.05) is 0 Å². The summed E-state index contributed by atoms with van der Waals surface area (Å²) in [4.78, 5) is 10.7. The highest BCUT2D eigenvalue weighted by Gasteiger charge is 2.15. The topological polar surface area (TPSA) is 17.1 Å². The molecule has 0 aliphatic rings. The van der Waals surface area contributed by atoms with Crippen molar-refractivity contribution < 1.29 is 9.18 Å². The molecule has 0 aromatic heterocycles. The van der Waals surface area contributed by atoms with E-state index in [4.69, 9.17) is 11.6 Å². The fraction of sp³-hybridized carbons (Fsp3) is 0.222. The molecule has 64 valence electrons. The molecule has 0 saturated heterocycles.